The number of benzene rings is 1. The molecule has 0 aliphatic carbocycles. The molecule has 2 N–H and O–H groups in total. The molecule has 2 heterocycles. The van der Waals surface area contributed by atoms with Crippen molar-refractivity contribution in [3.05, 3.63) is 50.3 Å². The van der Waals surface area contributed by atoms with Crippen molar-refractivity contribution in [3.63, 3.8) is 0 Å². The summed E-state index contributed by atoms with van der Waals surface area (Å²) >= 11 is 0. The van der Waals surface area contributed by atoms with Crippen LogP contribution in [0.2, 0.25) is 0 Å². The normalized spacial score (nSPS) is 20.2. The van der Waals surface area contributed by atoms with Crippen molar-refractivity contribution in [1.29, 1.82) is 0 Å². The number of nitrogens with zero attached hydrogens (tertiary/aromatic N) is 2. The molecule has 1 aromatic heterocycles. The fraction of sp³-hybridized carbons (Fsp3) is 0.375. The molecule has 1 aromatic carbocycles. The van der Waals surface area contributed by atoms with Gasteiger partial charge in [0, 0.05) is 54.3 Å². The predicted molar refractivity (Wildman–Crippen MR) is 96.4 cm³/mol. The number of nitrogens with one attached hydrogen (secondary N) is 2. The number of piperazine rings is 1. The van der Waals surface area contributed by atoms with Gasteiger partial charge in [0.15, 0.2) is 0 Å². The largest absolute Gasteiger partial charge is 0.333 e. The number of non-ortho nitro benzene ring substituents is 1. The summed E-state index contributed by atoms with van der Waals surface area (Å²) in [6.07, 6.45) is 0. The Labute approximate surface area is 149 Å². The van der Waals surface area contributed by atoms with Crippen molar-refractivity contribution in [1.82, 2.24) is 15.2 Å². The monoisotopic (exact) mass is 366 g/mol. The first kappa shape index (κ1) is 18.9. The van der Waals surface area contributed by atoms with Gasteiger partial charge in [0.25, 0.3) is 11.6 Å². The number of H-pyrrole nitrogens is 1. The number of rotatable bonds is 2. The van der Waals surface area contributed by atoms with E-state index in [-0.39, 0.29) is 41.6 Å². The smallest absolute Gasteiger partial charge is 0.270 e. The van der Waals surface area contributed by atoms with E-state index in [4.69, 9.17) is 0 Å². The van der Waals surface area contributed by atoms with Gasteiger partial charge < -0.3 is 15.2 Å². The highest BCUT2D eigenvalue weighted by Gasteiger charge is 2.30. The van der Waals surface area contributed by atoms with Crippen LogP contribution in [0.15, 0.2) is 29.1 Å². The van der Waals surface area contributed by atoms with Crippen LogP contribution in [0.25, 0.3) is 10.9 Å². The number of carbonyl (C=O) groups excluding carboxylic acids is 1. The van der Waals surface area contributed by atoms with Crippen molar-refractivity contribution in [2.45, 2.75) is 25.9 Å². The number of aromatic nitrogens is 1. The first-order valence-electron chi connectivity index (χ1n) is 7.74. The fourth-order valence-electron chi connectivity index (χ4n) is 3.03. The lowest BCUT2D eigenvalue weighted by molar-refractivity contribution is -0.384. The van der Waals surface area contributed by atoms with Crippen LogP contribution in [0.3, 0.4) is 0 Å². The highest BCUT2D eigenvalue weighted by atomic mass is 35.5. The molecular formula is C16H19ClN4O4. The van der Waals surface area contributed by atoms with Gasteiger partial charge in [-0.3, -0.25) is 19.7 Å². The summed E-state index contributed by atoms with van der Waals surface area (Å²) in [6.45, 7) is 5.11. The van der Waals surface area contributed by atoms with Gasteiger partial charge in [0.1, 0.15) is 0 Å². The Bertz CT molecular complexity index is 882. The van der Waals surface area contributed by atoms with Crippen molar-refractivity contribution in [2.24, 2.45) is 0 Å². The summed E-state index contributed by atoms with van der Waals surface area (Å²) in [5, 5.41) is 14.7. The first-order valence-corrected chi connectivity index (χ1v) is 7.74. The van der Waals surface area contributed by atoms with Gasteiger partial charge >= 0.3 is 0 Å². The van der Waals surface area contributed by atoms with Crippen molar-refractivity contribution >= 4 is 34.9 Å². The molecular weight excluding hydrogens is 348 g/mol. The molecule has 9 heteroatoms. The lowest BCUT2D eigenvalue weighted by Crippen LogP contribution is -2.57. The zero-order chi connectivity index (χ0) is 17.4. The molecule has 0 saturated carbocycles. The van der Waals surface area contributed by atoms with Gasteiger partial charge in [0.2, 0.25) is 5.56 Å². The van der Waals surface area contributed by atoms with E-state index in [9.17, 15) is 19.7 Å². The third-order valence-electron chi connectivity index (χ3n) is 4.56. The first-order chi connectivity index (χ1) is 11.4. The summed E-state index contributed by atoms with van der Waals surface area (Å²) in [6, 6.07) is 5.39. The van der Waals surface area contributed by atoms with Crippen LogP contribution < -0.4 is 10.9 Å². The SMILES string of the molecule is CC1NCCN(C(=O)c2cc(=O)[nH]c3ccc([N+](=O)[O-])cc23)C1C.Cl. The van der Waals surface area contributed by atoms with Gasteiger partial charge in [0.05, 0.1) is 10.5 Å². The highest BCUT2D eigenvalue weighted by molar-refractivity contribution is 6.06. The number of nitro benzene ring substituents is 1. The van der Waals surface area contributed by atoms with Crippen LogP contribution in [-0.2, 0) is 0 Å². The number of hydrogen-bond donors (Lipinski definition) is 2. The molecule has 2 unspecified atom stereocenters. The Hall–Kier alpha value is -2.45. The number of fused-ring (bicyclic) bond motifs is 1. The van der Waals surface area contributed by atoms with E-state index in [2.05, 4.69) is 10.3 Å². The van der Waals surface area contributed by atoms with Crippen LogP contribution in [0.5, 0.6) is 0 Å². The van der Waals surface area contributed by atoms with Crippen LogP contribution in [0, 0.1) is 10.1 Å². The maximum Gasteiger partial charge on any atom is 0.270 e. The topological polar surface area (TPSA) is 108 Å². The van der Waals surface area contributed by atoms with Gasteiger partial charge in [-0.05, 0) is 19.9 Å². The Kier molecular flexibility index (Phi) is 5.44. The number of carbonyl (C=O) groups is 1. The minimum absolute atomic E-state index is 0. The molecule has 8 nitrogen and oxygen atoms in total. The van der Waals surface area contributed by atoms with Gasteiger partial charge in [-0.2, -0.15) is 0 Å². The lowest BCUT2D eigenvalue weighted by atomic mass is 10.0. The Morgan fingerprint density at radius 1 is 1.32 bits per heavy atom. The standard InChI is InChI=1S/C16H18N4O4.ClH/c1-9-10(2)19(6-5-17-9)16(22)13-8-15(21)18-14-4-3-11(20(23)24)7-12(13)14;/h3-4,7-10,17H,5-6H2,1-2H3,(H,18,21);1H. The summed E-state index contributed by atoms with van der Waals surface area (Å²) < 4.78 is 0. The van der Waals surface area contributed by atoms with Crippen LogP contribution in [0.4, 0.5) is 5.69 Å². The van der Waals surface area contributed by atoms with E-state index in [1.54, 1.807) is 4.90 Å². The van der Waals surface area contributed by atoms with Crippen molar-refractivity contribution in [3.8, 4) is 0 Å². The maximum absolute atomic E-state index is 13.0. The molecule has 2 aromatic rings. The minimum atomic E-state index is -0.520. The minimum Gasteiger partial charge on any atom is -0.333 e. The highest BCUT2D eigenvalue weighted by Crippen LogP contribution is 2.24. The second-order valence-electron chi connectivity index (χ2n) is 6.02. The summed E-state index contributed by atoms with van der Waals surface area (Å²) in [5.74, 6) is -0.285. The molecule has 0 bridgehead atoms. The van der Waals surface area contributed by atoms with Crippen LogP contribution in [0.1, 0.15) is 24.2 Å². The fourth-order valence-corrected chi connectivity index (χ4v) is 3.03. The molecule has 1 aliphatic rings. The number of aromatic amines is 1. The summed E-state index contributed by atoms with van der Waals surface area (Å²) in [4.78, 5) is 39.7. The van der Waals surface area contributed by atoms with E-state index in [0.29, 0.717) is 24.0 Å². The quantitative estimate of drug-likeness (QED) is 0.621. The third kappa shape index (κ3) is 3.49. The zero-order valence-electron chi connectivity index (χ0n) is 13.8. The molecule has 134 valence electrons. The molecule has 0 radical (unpaired) electrons. The summed E-state index contributed by atoms with van der Waals surface area (Å²) in [7, 11) is 0. The predicted octanol–water partition coefficient (Wildman–Crippen LogP) is 1.68. The van der Waals surface area contributed by atoms with E-state index < -0.39 is 10.5 Å². The third-order valence-corrected chi connectivity index (χ3v) is 4.56. The Morgan fingerprint density at radius 2 is 2.04 bits per heavy atom. The van der Waals surface area contributed by atoms with Crippen LogP contribution >= 0.6 is 12.4 Å². The van der Waals surface area contributed by atoms with E-state index in [0.717, 1.165) is 0 Å². The maximum atomic E-state index is 13.0. The van der Waals surface area contributed by atoms with Gasteiger partial charge in [-0.25, -0.2) is 0 Å². The second kappa shape index (κ2) is 7.20. The van der Waals surface area contributed by atoms with Gasteiger partial charge in [-0.1, -0.05) is 0 Å². The number of hydrogen-bond acceptors (Lipinski definition) is 5. The van der Waals surface area contributed by atoms with E-state index in [1.807, 2.05) is 13.8 Å². The Balaban J connectivity index is 0.00000225. The number of amides is 1. The number of halogens is 1. The molecule has 0 spiro atoms. The molecule has 25 heavy (non-hydrogen) atoms. The molecule has 1 fully saturated rings. The molecule has 1 aliphatic heterocycles. The summed E-state index contributed by atoms with van der Waals surface area (Å²) in [5.41, 5.74) is 0.0755. The average Bonchev–Trinajstić information content (AvgIpc) is 2.55. The molecule has 1 saturated heterocycles. The lowest BCUT2D eigenvalue weighted by Gasteiger charge is -2.38. The molecule has 1 amide bonds. The zero-order valence-corrected chi connectivity index (χ0v) is 14.6. The average molecular weight is 367 g/mol. The second-order valence-corrected chi connectivity index (χ2v) is 6.02. The molecule has 2 atom stereocenters. The number of pyridine rings is 1. The number of nitro groups is 1. The van der Waals surface area contributed by atoms with E-state index in [1.165, 1.54) is 24.3 Å². The molecule has 3 rings (SSSR count). The van der Waals surface area contributed by atoms with Crippen LogP contribution in [-0.4, -0.2) is 45.9 Å². The van der Waals surface area contributed by atoms with Crippen molar-refractivity contribution in [2.75, 3.05) is 13.1 Å². The van der Waals surface area contributed by atoms with E-state index >= 15 is 0 Å². The van der Waals surface area contributed by atoms with Crippen molar-refractivity contribution < 1.29 is 9.72 Å². The van der Waals surface area contributed by atoms with Gasteiger partial charge in [-0.15, -0.1) is 12.4 Å². The Morgan fingerprint density at radius 3 is 2.72 bits per heavy atom.